The number of benzene rings is 3. The van der Waals surface area contributed by atoms with Crippen molar-refractivity contribution in [3.8, 4) is 16.9 Å². The van der Waals surface area contributed by atoms with Crippen LogP contribution in [0, 0.1) is 5.82 Å². The van der Waals surface area contributed by atoms with Crippen molar-refractivity contribution in [1.29, 1.82) is 0 Å². The molecule has 2 heterocycles. The molecule has 3 aromatic carbocycles. The van der Waals surface area contributed by atoms with Gasteiger partial charge in [0.15, 0.2) is 0 Å². The Morgan fingerprint density at radius 2 is 1.65 bits per heavy atom. The quantitative estimate of drug-likeness (QED) is 0.229. The summed E-state index contributed by atoms with van der Waals surface area (Å²) in [6.07, 6.45) is 3.64. The van der Waals surface area contributed by atoms with Crippen molar-refractivity contribution in [2.45, 2.75) is 19.1 Å². The molecule has 40 heavy (non-hydrogen) atoms. The van der Waals surface area contributed by atoms with Gasteiger partial charge in [-0.15, -0.1) is 0 Å². The molecule has 0 unspecified atom stereocenters. The van der Waals surface area contributed by atoms with E-state index in [0.717, 1.165) is 22.3 Å². The van der Waals surface area contributed by atoms with E-state index in [1.165, 1.54) is 19.2 Å². The molecule has 0 fully saturated rings. The Morgan fingerprint density at radius 3 is 2.35 bits per heavy atom. The fraction of sp³-hybridized carbons (Fsp3) is 0.129. The number of pyridine rings is 1. The van der Waals surface area contributed by atoms with Crippen LogP contribution in [0.2, 0.25) is 5.02 Å². The van der Waals surface area contributed by atoms with Gasteiger partial charge in [-0.25, -0.2) is 14.2 Å². The molecule has 9 heteroatoms. The minimum atomic E-state index is -0.919. The van der Waals surface area contributed by atoms with Crippen molar-refractivity contribution in [1.82, 2.24) is 14.7 Å². The first-order chi connectivity index (χ1) is 19.4. The molecule has 0 saturated carbocycles. The number of rotatable bonds is 9. The first-order valence-electron chi connectivity index (χ1n) is 12.5. The minimum Gasteiger partial charge on any atom is -0.489 e. The summed E-state index contributed by atoms with van der Waals surface area (Å²) in [6, 6.07) is 23.6. The van der Waals surface area contributed by atoms with Gasteiger partial charge in [0, 0.05) is 23.8 Å². The molecule has 7 nitrogen and oxygen atoms in total. The first-order valence-corrected chi connectivity index (χ1v) is 12.9. The lowest BCUT2D eigenvalue weighted by Crippen LogP contribution is -2.43. The van der Waals surface area contributed by atoms with Crippen molar-refractivity contribution in [2.24, 2.45) is 0 Å². The number of carbonyl (C=O) groups excluding carboxylic acids is 2. The Kier molecular flexibility index (Phi) is 8.07. The van der Waals surface area contributed by atoms with Gasteiger partial charge < -0.3 is 19.2 Å². The predicted octanol–water partition coefficient (Wildman–Crippen LogP) is 5.89. The summed E-state index contributed by atoms with van der Waals surface area (Å²) < 4.78 is 25.5. The van der Waals surface area contributed by atoms with Crippen molar-refractivity contribution < 1.29 is 23.5 Å². The van der Waals surface area contributed by atoms with E-state index in [9.17, 15) is 14.0 Å². The van der Waals surface area contributed by atoms with Crippen molar-refractivity contribution >= 4 is 29.1 Å². The van der Waals surface area contributed by atoms with E-state index < -0.39 is 17.9 Å². The second-order valence-electron chi connectivity index (χ2n) is 9.13. The average Bonchev–Trinajstić information content (AvgIpc) is 3.41. The number of ether oxygens (including phenoxy) is 2. The Labute approximate surface area is 235 Å². The third-order valence-corrected chi connectivity index (χ3v) is 6.60. The number of methoxy groups -OCH3 is 1. The number of amides is 1. The van der Waals surface area contributed by atoms with E-state index in [1.807, 2.05) is 54.7 Å². The van der Waals surface area contributed by atoms with Crippen LogP contribution in [-0.4, -0.2) is 34.4 Å². The average molecular weight is 558 g/mol. The van der Waals surface area contributed by atoms with Crippen LogP contribution in [0.3, 0.4) is 0 Å². The van der Waals surface area contributed by atoms with Gasteiger partial charge in [-0.05, 0) is 70.8 Å². The van der Waals surface area contributed by atoms with Gasteiger partial charge in [-0.2, -0.15) is 0 Å². The number of nitrogens with one attached hydrogen (secondary N) is 1. The fourth-order valence-corrected chi connectivity index (χ4v) is 4.31. The highest BCUT2D eigenvalue weighted by Crippen LogP contribution is 2.23. The zero-order chi connectivity index (χ0) is 28.1. The lowest BCUT2D eigenvalue weighted by molar-refractivity contribution is -0.142. The zero-order valence-electron chi connectivity index (χ0n) is 21.5. The van der Waals surface area contributed by atoms with Crippen LogP contribution in [0.5, 0.6) is 5.75 Å². The van der Waals surface area contributed by atoms with Gasteiger partial charge in [0.2, 0.25) is 0 Å². The Hall–Kier alpha value is -4.69. The van der Waals surface area contributed by atoms with Gasteiger partial charge in [-0.3, -0.25) is 4.79 Å². The van der Waals surface area contributed by atoms with E-state index in [2.05, 4.69) is 10.3 Å². The number of esters is 1. The van der Waals surface area contributed by atoms with Crippen LogP contribution in [-0.2, 0) is 22.6 Å². The van der Waals surface area contributed by atoms with Gasteiger partial charge >= 0.3 is 5.97 Å². The second kappa shape index (κ2) is 12.0. The number of hydrogen-bond acceptors (Lipinski definition) is 5. The summed E-state index contributed by atoms with van der Waals surface area (Å²) in [7, 11) is 1.27. The molecule has 5 aromatic rings. The molecular weight excluding hydrogens is 533 g/mol. The zero-order valence-corrected chi connectivity index (χ0v) is 22.3. The molecule has 1 N–H and O–H groups in total. The van der Waals surface area contributed by atoms with Crippen LogP contribution in [0.4, 0.5) is 4.39 Å². The summed E-state index contributed by atoms with van der Waals surface area (Å²) in [5.74, 6) is -0.746. The second-order valence-corrected chi connectivity index (χ2v) is 9.56. The molecule has 0 aliphatic rings. The van der Waals surface area contributed by atoms with Crippen LogP contribution in [0.25, 0.3) is 16.8 Å². The number of halogens is 2. The number of fused-ring (bicyclic) bond motifs is 1. The van der Waals surface area contributed by atoms with Crippen molar-refractivity contribution in [3.63, 3.8) is 0 Å². The third kappa shape index (κ3) is 6.47. The Morgan fingerprint density at radius 1 is 0.950 bits per heavy atom. The maximum Gasteiger partial charge on any atom is 0.328 e. The van der Waals surface area contributed by atoms with Gasteiger partial charge in [0.05, 0.1) is 7.11 Å². The highest BCUT2D eigenvalue weighted by atomic mass is 35.5. The number of hydrogen-bond donors (Lipinski definition) is 1. The number of aromatic nitrogens is 2. The number of carbonyl (C=O) groups is 2. The molecule has 1 atom stereocenters. The molecule has 0 saturated heterocycles. The summed E-state index contributed by atoms with van der Waals surface area (Å²) in [5.41, 5.74) is 4.30. The monoisotopic (exact) mass is 557 g/mol. The maximum atomic E-state index is 13.1. The molecule has 0 bridgehead atoms. The van der Waals surface area contributed by atoms with E-state index in [0.29, 0.717) is 23.0 Å². The lowest BCUT2D eigenvalue weighted by atomic mass is 10.1. The minimum absolute atomic E-state index is 0.173. The summed E-state index contributed by atoms with van der Waals surface area (Å²) in [4.78, 5) is 30.0. The summed E-state index contributed by atoms with van der Waals surface area (Å²) in [5, 5.41) is 3.39. The topological polar surface area (TPSA) is 81.9 Å². The molecule has 202 valence electrons. The highest BCUT2D eigenvalue weighted by Gasteiger charge is 2.24. The van der Waals surface area contributed by atoms with E-state index in [-0.39, 0.29) is 17.9 Å². The standard InChI is InChI=1S/C31H25ClFN3O4/c1-39-31(38)27(16-20-4-12-26(13-5-20)40-19-21-2-10-25(33)11-3-21)35-30(37)28-18-36-15-14-23(17-29(36)34-28)22-6-8-24(32)9-7-22/h2-15,17-18,27H,16,19H2,1H3,(H,35,37)/t27-/m0/s1. The molecule has 2 aromatic heterocycles. The van der Waals surface area contributed by atoms with Crippen LogP contribution >= 0.6 is 11.6 Å². The van der Waals surface area contributed by atoms with Gasteiger partial charge in [-0.1, -0.05) is 48.0 Å². The van der Waals surface area contributed by atoms with Gasteiger partial charge in [0.1, 0.15) is 35.6 Å². The molecule has 0 spiro atoms. The smallest absolute Gasteiger partial charge is 0.328 e. The molecule has 1 amide bonds. The largest absolute Gasteiger partial charge is 0.489 e. The Balaban J connectivity index is 1.25. The van der Waals surface area contributed by atoms with Crippen molar-refractivity contribution in [3.05, 3.63) is 125 Å². The normalized spacial score (nSPS) is 11.7. The predicted molar refractivity (Wildman–Crippen MR) is 150 cm³/mol. The van der Waals surface area contributed by atoms with Crippen LogP contribution < -0.4 is 10.1 Å². The van der Waals surface area contributed by atoms with E-state index >= 15 is 0 Å². The summed E-state index contributed by atoms with van der Waals surface area (Å²) >= 11 is 5.99. The van der Waals surface area contributed by atoms with Crippen LogP contribution in [0.1, 0.15) is 21.6 Å². The first kappa shape index (κ1) is 26.9. The summed E-state index contributed by atoms with van der Waals surface area (Å²) in [6.45, 7) is 0.292. The lowest BCUT2D eigenvalue weighted by Gasteiger charge is -2.16. The SMILES string of the molecule is COC(=O)[C@H](Cc1ccc(OCc2ccc(F)cc2)cc1)NC(=O)c1cn2ccc(-c3ccc(Cl)cc3)cc2n1. The number of imidazole rings is 1. The molecule has 0 aliphatic carbocycles. The fourth-order valence-electron chi connectivity index (χ4n) is 4.19. The van der Waals surface area contributed by atoms with E-state index in [1.54, 1.807) is 34.9 Å². The Bertz CT molecular complexity index is 1630. The molecular formula is C31H25ClFN3O4. The highest BCUT2D eigenvalue weighted by molar-refractivity contribution is 6.30. The molecule has 0 radical (unpaired) electrons. The van der Waals surface area contributed by atoms with E-state index in [4.69, 9.17) is 21.1 Å². The van der Waals surface area contributed by atoms with Crippen LogP contribution in [0.15, 0.2) is 97.3 Å². The number of nitrogens with zero attached hydrogens (tertiary/aromatic N) is 2. The van der Waals surface area contributed by atoms with Crippen molar-refractivity contribution in [2.75, 3.05) is 7.11 Å². The molecule has 5 rings (SSSR count). The third-order valence-electron chi connectivity index (χ3n) is 6.34. The van der Waals surface area contributed by atoms with Gasteiger partial charge in [0.25, 0.3) is 5.91 Å². The maximum absolute atomic E-state index is 13.1. The molecule has 0 aliphatic heterocycles.